The van der Waals surface area contributed by atoms with Crippen molar-refractivity contribution in [2.75, 3.05) is 24.7 Å². The molecule has 0 bridgehead atoms. The SMILES string of the molecule is CCCNC(CCC)CSCC1CCCO1. The fourth-order valence-corrected chi connectivity index (χ4v) is 3.29. The monoisotopic (exact) mass is 245 g/mol. The number of thioether (sulfide) groups is 1. The molecule has 2 atom stereocenters. The zero-order valence-corrected chi connectivity index (χ0v) is 11.7. The summed E-state index contributed by atoms with van der Waals surface area (Å²) in [5.74, 6) is 2.43. The van der Waals surface area contributed by atoms with Crippen molar-refractivity contribution >= 4 is 11.8 Å². The highest BCUT2D eigenvalue weighted by Gasteiger charge is 2.16. The van der Waals surface area contributed by atoms with Crippen LogP contribution in [-0.2, 0) is 4.74 Å². The van der Waals surface area contributed by atoms with Gasteiger partial charge in [-0.05, 0) is 32.2 Å². The molecule has 0 spiro atoms. The molecule has 16 heavy (non-hydrogen) atoms. The second-order valence-corrected chi connectivity index (χ2v) is 5.69. The van der Waals surface area contributed by atoms with Crippen molar-refractivity contribution in [2.45, 2.75) is 58.1 Å². The highest BCUT2D eigenvalue weighted by atomic mass is 32.2. The van der Waals surface area contributed by atoms with Crippen LogP contribution < -0.4 is 5.32 Å². The molecule has 1 N–H and O–H groups in total. The first-order chi connectivity index (χ1) is 7.86. The Morgan fingerprint density at radius 1 is 1.38 bits per heavy atom. The Bertz CT molecular complexity index is 160. The van der Waals surface area contributed by atoms with Gasteiger partial charge >= 0.3 is 0 Å². The zero-order valence-electron chi connectivity index (χ0n) is 10.8. The van der Waals surface area contributed by atoms with Crippen molar-refractivity contribution in [2.24, 2.45) is 0 Å². The smallest absolute Gasteiger partial charge is 0.0666 e. The van der Waals surface area contributed by atoms with Gasteiger partial charge in [0.2, 0.25) is 0 Å². The van der Waals surface area contributed by atoms with Gasteiger partial charge in [0.15, 0.2) is 0 Å². The van der Waals surface area contributed by atoms with Crippen molar-refractivity contribution in [3.8, 4) is 0 Å². The van der Waals surface area contributed by atoms with Crippen molar-refractivity contribution in [1.82, 2.24) is 5.32 Å². The fourth-order valence-electron chi connectivity index (χ4n) is 2.06. The van der Waals surface area contributed by atoms with E-state index >= 15 is 0 Å². The van der Waals surface area contributed by atoms with E-state index in [2.05, 4.69) is 30.9 Å². The Morgan fingerprint density at radius 3 is 2.88 bits per heavy atom. The summed E-state index contributed by atoms with van der Waals surface area (Å²) in [5.41, 5.74) is 0. The van der Waals surface area contributed by atoms with E-state index in [0.717, 1.165) is 13.2 Å². The summed E-state index contributed by atoms with van der Waals surface area (Å²) in [6.07, 6.45) is 6.89. The maximum atomic E-state index is 5.63. The molecular formula is C13H27NOS. The lowest BCUT2D eigenvalue weighted by Gasteiger charge is -2.18. The predicted molar refractivity (Wildman–Crippen MR) is 73.3 cm³/mol. The topological polar surface area (TPSA) is 21.3 Å². The summed E-state index contributed by atoms with van der Waals surface area (Å²) >= 11 is 2.06. The minimum absolute atomic E-state index is 0.540. The molecule has 0 aromatic carbocycles. The van der Waals surface area contributed by atoms with Gasteiger partial charge in [0.05, 0.1) is 6.10 Å². The van der Waals surface area contributed by atoms with Crippen LogP contribution in [0.3, 0.4) is 0 Å². The van der Waals surface area contributed by atoms with Gasteiger partial charge in [-0.1, -0.05) is 20.3 Å². The molecule has 1 aliphatic heterocycles. The van der Waals surface area contributed by atoms with Crippen LogP contribution in [0.15, 0.2) is 0 Å². The largest absolute Gasteiger partial charge is 0.377 e. The van der Waals surface area contributed by atoms with Gasteiger partial charge in [-0.3, -0.25) is 0 Å². The highest BCUT2D eigenvalue weighted by Crippen LogP contribution is 2.18. The maximum absolute atomic E-state index is 5.63. The molecule has 1 aliphatic rings. The first kappa shape index (κ1) is 14.3. The molecule has 1 heterocycles. The molecule has 2 unspecified atom stereocenters. The van der Waals surface area contributed by atoms with E-state index in [-0.39, 0.29) is 0 Å². The van der Waals surface area contributed by atoms with Crippen molar-refractivity contribution in [3.63, 3.8) is 0 Å². The van der Waals surface area contributed by atoms with E-state index in [4.69, 9.17) is 4.74 Å². The lowest BCUT2D eigenvalue weighted by molar-refractivity contribution is 0.129. The lowest BCUT2D eigenvalue weighted by atomic mass is 10.2. The van der Waals surface area contributed by atoms with Crippen LogP contribution in [0.5, 0.6) is 0 Å². The molecular weight excluding hydrogens is 218 g/mol. The Hall–Kier alpha value is 0.270. The molecule has 0 amide bonds. The summed E-state index contributed by atoms with van der Waals surface area (Å²) in [7, 11) is 0. The summed E-state index contributed by atoms with van der Waals surface area (Å²) in [5, 5.41) is 3.63. The van der Waals surface area contributed by atoms with Crippen LogP contribution in [0.2, 0.25) is 0 Å². The van der Waals surface area contributed by atoms with E-state index in [1.807, 2.05) is 0 Å². The van der Waals surface area contributed by atoms with E-state index in [1.54, 1.807) is 0 Å². The van der Waals surface area contributed by atoms with Gasteiger partial charge in [-0.25, -0.2) is 0 Å². The van der Waals surface area contributed by atoms with E-state index in [9.17, 15) is 0 Å². The molecule has 0 radical (unpaired) electrons. The third kappa shape index (κ3) is 6.12. The van der Waals surface area contributed by atoms with Crippen LogP contribution in [-0.4, -0.2) is 36.8 Å². The van der Waals surface area contributed by atoms with Crippen LogP contribution in [0, 0.1) is 0 Å². The normalized spacial score (nSPS) is 22.5. The summed E-state index contributed by atoms with van der Waals surface area (Å²) in [6, 6.07) is 0.705. The Morgan fingerprint density at radius 2 is 2.25 bits per heavy atom. The van der Waals surface area contributed by atoms with Gasteiger partial charge in [-0.2, -0.15) is 11.8 Å². The molecule has 1 rings (SSSR count). The van der Waals surface area contributed by atoms with Crippen LogP contribution in [0.25, 0.3) is 0 Å². The van der Waals surface area contributed by atoms with Crippen molar-refractivity contribution in [3.05, 3.63) is 0 Å². The second-order valence-electron chi connectivity index (χ2n) is 4.61. The quantitative estimate of drug-likeness (QED) is 0.674. The number of nitrogens with one attached hydrogen (secondary N) is 1. The predicted octanol–water partition coefficient (Wildman–Crippen LogP) is 3.07. The van der Waals surface area contributed by atoms with E-state index in [0.29, 0.717) is 12.1 Å². The lowest BCUT2D eigenvalue weighted by Crippen LogP contribution is -2.32. The van der Waals surface area contributed by atoms with Gasteiger partial charge in [0.25, 0.3) is 0 Å². The minimum Gasteiger partial charge on any atom is -0.377 e. The first-order valence-corrected chi connectivity index (χ1v) is 7.95. The average molecular weight is 245 g/mol. The summed E-state index contributed by atoms with van der Waals surface area (Å²) in [4.78, 5) is 0. The molecule has 0 aromatic heterocycles. The molecule has 0 aliphatic carbocycles. The Kier molecular flexibility index (Phi) is 8.34. The molecule has 0 aromatic rings. The van der Waals surface area contributed by atoms with Crippen molar-refractivity contribution < 1.29 is 4.74 Å². The standard InChI is InChI=1S/C13H27NOS/c1-3-6-12(14-8-4-2)10-16-11-13-7-5-9-15-13/h12-14H,3-11H2,1-2H3. The van der Waals surface area contributed by atoms with E-state index < -0.39 is 0 Å². The fraction of sp³-hybridized carbons (Fsp3) is 1.00. The van der Waals surface area contributed by atoms with Crippen LogP contribution >= 0.6 is 11.8 Å². The molecule has 0 saturated carbocycles. The van der Waals surface area contributed by atoms with E-state index in [1.165, 1.54) is 43.6 Å². The first-order valence-electron chi connectivity index (χ1n) is 6.79. The van der Waals surface area contributed by atoms with Gasteiger partial charge in [0.1, 0.15) is 0 Å². The maximum Gasteiger partial charge on any atom is 0.0666 e. The summed E-state index contributed by atoms with van der Waals surface area (Å²) < 4.78 is 5.63. The number of rotatable bonds is 9. The van der Waals surface area contributed by atoms with Gasteiger partial charge < -0.3 is 10.1 Å². The molecule has 1 fully saturated rings. The molecule has 3 heteroatoms. The van der Waals surface area contributed by atoms with Crippen molar-refractivity contribution in [1.29, 1.82) is 0 Å². The van der Waals surface area contributed by atoms with Crippen LogP contribution in [0.4, 0.5) is 0 Å². The minimum atomic E-state index is 0.540. The van der Waals surface area contributed by atoms with Gasteiger partial charge in [0, 0.05) is 24.2 Å². The second kappa shape index (κ2) is 9.32. The zero-order chi connectivity index (χ0) is 11.6. The van der Waals surface area contributed by atoms with Crippen LogP contribution in [0.1, 0.15) is 46.0 Å². The number of ether oxygens (including phenoxy) is 1. The molecule has 1 saturated heterocycles. The molecule has 2 nitrogen and oxygen atoms in total. The highest BCUT2D eigenvalue weighted by molar-refractivity contribution is 7.99. The Labute approximate surface area is 105 Å². The van der Waals surface area contributed by atoms with Gasteiger partial charge in [-0.15, -0.1) is 0 Å². The third-order valence-corrected chi connectivity index (χ3v) is 4.21. The number of hydrogen-bond donors (Lipinski definition) is 1. The molecule has 96 valence electrons. The Balaban J connectivity index is 2.05. The third-order valence-electron chi connectivity index (χ3n) is 2.97. The average Bonchev–Trinajstić information content (AvgIpc) is 2.79. The summed E-state index contributed by atoms with van der Waals surface area (Å²) in [6.45, 7) is 6.64. The number of hydrogen-bond acceptors (Lipinski definition) is 3.